The first-order valence-corrected chi connectivity index (χ1v) is 8.10. The molecule has 0 aromatic heterocycles. The summed E-state index contributed by atoms with van der Waals surface area (Å²) in [6.45, 7) is 2.93. The Kier molecular flexibility index (Phi) is 4.23. The van der Waals surface area contributed by atoms with Gasteiger partial charge in [-0.3, -0.25) is 0 Å². The lowest BCUT2D eigenvalue weighted by Gasteiger charge is -2.27. The van der Waals surface area contributed by atoms with Crippen LogP contribution in [0, 0.1) is 5.82 Å². The first-order valence-electron chi connectivity index (χ1n) is 6.42. The molecule has 0 saturated carbocycles. The van der Waals surface area contributed by atoms with Crippen molar-refractivity contribution in [2.24, 2.45) is 10.1 Å². The van der Waals surface area contributed by atoms with Gasteiger partial charge in [0, 0.05) is 18.7 Å². The number of hydrogen-bond donors (Lipinski definition) is 2. The fraction of sp³-hybridized carbons (Fsp3) is 0.538. The van der Waals surface area contributed by atoms with Crippen LogP contribution in [0.3, 0.4) is 0 Å². The number of benzene rings is 1. The predicted molar refractivity (Wildman–Crippen MR) is 75.5 cm³/mol. The van der Waals surface area contributed by atoms with Gasteiger partial charge in [0.05, 0.1) is 11.3 Å². The number of rotatable bonds is 3. The predicted octanol–water partition coefficient (Wildman–Crippen LogP) is 1.77. The van der Waals surface area contributed by atoms with E-state index < -0.39 is 15.5 Å². The first kappa shape index (κ1) is 14.4. The molecule has 4 nitrogen and oxygen atoms in total. The molecule has 6 heteroatoms. The van der Waals surface area contributed by atoms with Crippen LogP contribution in [0.2, 0.25) is 0 Å². The molecule has 1 aliphatic rings. The summed E-state index contributed by atoms with van der Waals surface area (Å²) >= 11 is 0. The summed E-state index contributed by atoms with van der Waals surface area (Å²) in [6, 6.07) is 6.34. The molecule has 0 radical (unpaired) electrons. The Morgan fingerprint density at radius 2 is 2.21 bits per heavy atom. The largest absolute Gasteiger partial charge is 0.321 e. The summed E-state index contributed by atoms with van der Waals surface area (Å²) < 4.78 is 33.6. The highest BCUT2D eigenvalue weighted by atomic mass is 32.2. The van der Waals surface area contributed by atoms with E-state index in [9.17, 15) is 8.60 Å². The Morgan fingerprint density at radius 3 is 2.95 bits per heavy atom. The highest BCUT2D eigenvalue weighted by Crippen LogP contribution is 2.23. The van der Waals surface area contributed by atoms with Gasteiger partial charge in [-0.2, -0.15) is 0 Å². The summed E-state index contributed by atoms with van der Waals surface area (Å²) in [4.78, 5) is 0. The normalized spacial score (nSPS) is 27.1. The Labute approximate surface area is 113 Å². The molecule has 0 fully saturated rings. The van der Waals surface area contributed by atoms with E-state index >= 15 is 0 Å². The summed E-state index contributed by atoms with van der Waals surface area (Å²) in [5, 5.41) is 0. The molecule has 3 N–H and O–H groups in total. The molecular formula is C13H20FN3OS. The van der Waals surface area contributed by atoms with E-state index in [1.807, 2.05) is 0 Å². The second-order valence-corrected chi connectivity index (χ2v) is 7.25. The number of nitrogens with zero attached hydrogens (tertiary/aromatic N) is 1. The van der Waals surface area contributed by atoms with Gasteiger partial charge >= 0.3 is 0 Å². The maximum absolute atomic E-state index is 13.8. The van der Waals surface area contributed by atoms with Crippen LogP contribution in [-0.2, 0) is 15.5 Å². The standard InChI is InChI=1S/C13H20FN3OS/c1-13(15,11-6-2-3-7-12(11)14)10-19(18)16-8-4-5-9-17-19/h2-3,6-7H,4-5,8-10,15H2,1H3,(H,16,17,18)/t13-/m0/s1. The fourth-order valence-corrected chi connectivity index (χ4v) is 4.37. The van der Waals surface area contributed by atoms with Gasteiger partial charge in [-0.05, 0) is 25.8 Å². The van der Waals surface area contributed by atoms with Crippen molar-refractivity contribution >= 4 is 9.92 Å². The molecule has 1 unspecified atom stereocenters. The second kappa shape index (κ2) is 5.56. The van der Waals surface area contributed by atoms with E-state index in [-0.39, 0.29) is 11.6 Å². The summed E-state index contributed by atoms with van der Waals surface area (Å²) in [7, 11) is -2.57. The summed E-state index contributed by atoms with van der Waals surface area (Å²) in [5.41, 5.74) is 5.55. The van der Waals surface area contributed by atoms with Crippen molar-refractivity contribution in [3.63, 3.8) is 0 Å². The third-order valence-electron chi connectivity index (χ3n) is 3.20. The zero-order chi connectivity index (χ0) is 13.9. The fourth-order valence-electron chi connectivity index (χ4n) is 2.23. The van der Waals surface area contributed by atoms with Crippen molar-refractivity contribution in [2.45, 2.75) is 25.3 Å². The van der Waals surface area contributed by atoms with Crippen LogP contribution >= 0.6 is 0 Å². The van der Waals surface area contributed by atoms with E-state index in [4.69, 9.17) is 5.73 Å². The molecule has 2 rings (SSSR count). The summed E-state index contributed by atoms with van der Waals surface area (Å²) in [6.07, 6.45) is 1.87. The van der Waals surface area contributed by atoms with E-state index in [2.05, 4.69) is 9.08 Å². The molecule has 2 atom stereocenters. The van der Waals surface area contributed by atoms with Crippen molar-refractivity contribution in [3.8, 4) is 0 Å². The molecule has 0 spiro atoms. The topological polar surface area (TPSA) is 67.5 Å². The minimum Gasteiger partial charge on any atom is -0.321 e. The third-order valence-corrected chi connectivity index (χ3v) is 5.44. The molecular weight excluding hydrogens is 265 g/mol. The van der Waals surface area contributed by atoms with E-state index in [1.54, 1.807) is 25.1 Å². The van der Waals surface area contributed by atoms with Crippen LogP contribution in [0.25, 0.3) is 0 Å². The maximum atomic E-state index is 13.8. The van der Waals surface area contributed by atoms with Crippen molar-refractivity contribution in [1.82, 2.24) is 4.72 Å². The summed E-state index contributed by atoms with van der Waals surface area (Å²) in [5.74, 6) is -0.259. The van der Waals surface area contributed by atoms with E-state index in [0.717, 1.165) is 12.8 Å². The first-order chi connectivity index (χ1) is 8.93. The minimum atomic E-state index is -2.57. The van der Waals surface area contributed by atoms with Gasteiger partial charge in [0.25, 0.3) is 0 Å². The monoisotopic (exact) mass is 285 g/mol. The third kappa shape index (κ3) is 3.52. The molecule has 0 saturated heterocycles. The number of nitrogens with two attached hydrogens (primary N) is 1. The van der Waals surface area contributed by atoms with Gasteiger partial charge in [0.1, 0.15) is 15.7 Å². The quantitative estimate of drug-likeness (QED) is 0.888. The van der Waals surface area contributed by atoms with Crippen LogP contribution < -0.4 is 10.5 Å². The van der Waals surface area contributed by atoms with Gasteiger partial charge in [-0.1, -0.05) is 18.2 Å². The lowest BCUT2D eigenvalue weighted by atomic mass is 9.95. The molecule has 1 heterocycles. The lowest BCUT2D eigenvalue weighted by Crippen LogP contribution is -2.44. The second-order valence-electron chi connectivity index (χ2n) is 5.14. The Morgan fingerprint density at radius 1 is 1.47 bits per heavy atom. The Hall–Kier alpha value is -0.980. The number of nitrogens with one attached hydrogen (secondary N) is 1. The maximum Gasteiger partial charge on any atom is 0.128 e. The molecule has 0 aliphatic carbocycles. The Bertz CT molecular complexity index is 565. The van der Waals surface area contributed by atoms with Crippen LogP contribution in [0.5, 0.6) is 0 Å². The SMILES string of the molecule is C[C@](N)(CS1(=O)=NCCCCN1)c1ccccc1F. The zero-order valence-corrected chi connectivity index (χ0v) is 11.9. The lowest BCUT2D eigenvalue weighted by molar-refractivity contribution is 0.501. The van der Waals surface area contributed by atoms with Gasteiger partial charge in [0.15, 0.2) is 0 Å². The van der Waals surface area contributed by atoms with Crippen molar-refractivity contribution < 1.29 is 8.60 Å². The smallest absolute Gasteiger partial charge is 0.128 e. The van der Waals surface area contributed by atoms with E-state index in [1.165, 1.54) is 6.07 Å². The van der Waals surface area contributed by atoms with Gasteiger partial charge in [-0.15, -0.1) is 0 Å². The van der Waals surface area contributed by atoms with Crippen molar-refractivity contribution in [2.75, 3.05) is 18.8 Å². The van der Waals surface area contributed by atoms with Crippen LogP contribution in [0.4, 0.5) is 4.39 Å². The van der Waals surface area contributed by atoms with Crippen LogP contribution in [0.15, 0.2) is 28.6 Å². The van der Waals surface area contributed by atoms with Crippen LogP contribution in [0.1, 0.15) is 25.3 Å². The molecule has 0 bridgehead atoms. The van der Waals surface area contributed by atoms with Gasteiger partial charge in [0.2, 0.25) is 0 Å². The molecule has 19 heavy (non-hydrogen) atoms. The molecule has 1 aromatic rings. The molecule has 0 amide bonds. The number of halogens is 1. The molecule has 106 valence electrons. The van der Waals surface area contributed by atoms with E-state index in [0.29, 0.717) is 18.7 Å². The zero-order valence-electron chi connectivity index (χ0n) is 11.1. The van der Waals surface area contributed by atoms with Gasteiger partial charge < -0.3 is 5.73 Å². The average molecular weight is 285 g/mol. The molecule has 1 aliphatic heterocycles. The van der Waals surface area contributed by atoms with Crippen molar-refractivity contribution in [1.29, 1.82) is 0 Å². The van der Waals surface area contributed by atoms with Crippen LogP contribution in [-0.4, -0.2) is 23.1 Å². The highest BCUT2D eigenvalue weighted by Gasteiger charge is 2.30. The number of hydrogen-bond acceptors (Lipinski definition) is 3. The molecule has 1 aromatic carbocycles. The minimum absolute atomic E-state index is 0.112. The van der Waals surface area contributed by atoms with Gasteiger partial charge in [-0.25, -0.2) is 17.7 Å². The van der Waals surface area contributed by atoms with Crippen molar-refractivity contribution in [3.05, 3.63) is 35.6 Å². The highest BCUT2D eigenvalue weighted by molar-refractivity contribution is 7.91. The average Bonchev–Trinajstić information content (AvgIpc) is 2.53. The Balaban J connectivity index is 2.28.